The molecule has 0 amide bonds. The zero-order chi connectivity index (χ0) is 24.9. The molecule has 1 aliphatic carbocycles. The van der Waals surface area contributed by atoms with E-state index in [4.69, 9.17) is 20.3 Å². The Labute approximate surface area is 196 Å². The van der Waals surface area contributed by atoms with E-state index in [9.17, 15) is 14.6 Å². The van der Waals surface area contributed by atoms with Gasteiger partial charge in [0, 0.05) is 12.0 Å². The first-order chi connectivity index (χ1) is 16.0. The second kappa shape index (κ2) is 11.1. The molecular weight excluding hydrogens is 463 g/mol. The lowest BCUT2D eigenvalue weighted by Crippen LogP contribution is -2.23. The zero-order valence-corrected chi connectivity index (χ0v) is 20.1. The molecule has 13 heteroatoms. The van der Waals surface area contributed by atoms with Gasteiger partial charge in [0.15, 0.2) is 11.5 Å². The van der Waals surface area contributed by atoms with Gasteiger partial charge in [0.2, 0.25) is 0 Å². The third kappa shape index (κ3) is 6.86. The quantitative estimate of drug-likeness (QED) is 0.294. The molecular formula is C21H31N6O6P. The van der Waals surface area contributed by atoms with E-state index in [1.54, 1.807) is 11.5 Å². The molecule has 5 N–H and O–H groups in total. The first-order valence-electron chi connectivity index (χ1n) is 11.1. The van der Waals surface area contributed by atoms with Gasteiger partial charge < -0.3 is 30.0 Å². The van der Waals surface area contributed by atoms with Gasteiger partial charge in [-0.3, -0.25) is 9.36 Å². The van der Waals surface area contributed by atoms with Crippen LogP contribution in [-0.4, -0.2) is 51.7 Å². The number of fused-ring (bicyclic) bond motifs is 1. The third-order valence-corrected chi connectivity index (χ3v) is 6.10. The van der Waals surface area contributed by atoms with Crippen molar-refractivity contribution in [3.8, 4) is 0 Å². The van der Waals surface area contributed by atoms with Crippen LogP contribution in [0.2, 0.25) is 0 Å². The van der Waals surface area contributed by atoms with Crippen molar-refractivity contribution in [3.05, 3.63) is 46.4 Å². The van der Waals surface area contributed by atoms with Crippen molar-refractivity contribution in [2.24, 2.45) is 0 Å². The predicted molar refractivity (Wildman–Crippen MR) is 126 cm³/mol. The summed E-state index contributed by atoms with van der Waals surface area (Å²) in [5.41, 5.74) is 8.12. The van der Waals surface area contributed by atoms with Gasteiger partial charge in [-0.2, -0.15) is 4.73 Å². The number of aromatic nitrogens is 5. The van der Waals surface area contributed by atoms with Crippen LogP contribution >= 0.6 is 7.60 Å². The standard InChI is InChI=1S/C12H17NO2.C9H14N5O4P/c1-9-7-11(13(15)12(14)8-9)10-5-3-2-4-6-10;1-6(18-5-19(15,16)17)2-14-4-13-7-8(10)11-3-12-9(7)14/h7-8,10,15H,2-6H2,1H3;3-4,6H,2,5H2,1H3,(H2,10,11,12)(H2,15,16,17)/t;6-/m.1/s1. The Hall–Kier alpha value is -2.79. The molecule has 1 fully saturated rings. The maximum atomic E-state index is 11.4. The number of rotatable bonds is 6. The van der Waals surface area contributed by atoms with E-state index in [1.807, 2.05) is 13.0 Å². The molecule has 34 heavy (non-hydrogen) atoms. The Morgan fingerprint density at radius 2 is 1.91 bits per heavy atom. The molecule has 186 valence electrons. The number of pyridine rings is 1. The van der Waals surface area contributed by atoms with Crippen molar-refractivity contribution < 1.29 is 24.3 Å². The Bertz CT molecular complexity index is 1220. The maximum Gasteiger partial charge on any atom is 0.350 e. The minimum atomic E-state index is -4.16. The normalized spacial score (nSPS) is 15.6. The van der Waals surface area contributed by atoms with Gasteiger partial charge in [-0.05, 0) is 38.3 Å². The molecule has 3 heterocycles. The minimum Gasteiger partial charge on any atom is -0.425 e. The molecule has 12 nitrogen and oxygen atoms in total. The topological polar surface area (TPSA) is 179 Å². The van der Waals surface area contributed by atoms with Gasteiger partial charge >= 0.3 is 7.60 Å². The second-order valence-corrected chi connectivity index (χ2v) is 10.1. The summed E-state index contributed by atoms with van der Waals surface area (Å²) < 4.78 is 18.3. The maximum absolute atomic E-state index is 11.4. The molecule has 1 atom stereocenters. The molecule has 0 spiro atoms. The Balaban J connectivity index is 0.000000196. The van der Waals surface area contributed by atoms with E-state index in [0.717, 1.165) is 28.8 Å². The number of nitrogen functional groups attached to an aromatic ring is 1. The molecule has 0 aromatic carbocycles. The number of nitrogens with zero attached hydrogens (tertiary/aromatic N) is 5. The van der Waals surface area contributed by atoms with Crippen LogP contribution in [0.3, 0.4) is 0 Å². The lowest BCUT2D eigenvalue weighted by Gasteiger charge is -2.22. The number of aryl methyl sites for hydroxylation is 1. The lowest BCUT2D eigenvalue weighted by molar-refractivity contribution is 0.0764. The zero-order valence-electron chi connectivity index (χ0n) is 19.2. The van der Waals surface area contributed by atoms with Gasteiger partial charge in [0.1, 0.15) is 18.2 Å². The average Bonchev–Trinajstić information content (AvgIpc) is 3.19. The minimum absolute atomic E-state index is 0.285. The molecule has 0 radical (unpaired) electrons. The molecule has 0 bridgehead atoms. The van der Waals surface area contributed by atoms with Gasteiger partial charge in [-0.25, -0.2) is 15.0 Å². The highest BCUT2D eigenvalue weighted by molar-refractivity contribution is 7.51. The van der Waals surface area contributed by atoms with Crippen molar-refractivity contribution in [2.75, 3.05) is 12.1 Å². The molecule has 0 unspecified atom stereocenters. The monoisotopic (exact) mass is 494 g/mol. The van der Waals surface area contributed by atoms with Crippen LogP contribution in [-0.2, 0) is 15.8 Å². The molecule has 4 rings (SSSR count). The molecule has 1 saturated carbocycles. The van der Waals surface area contributed by atoms with Crippen molar-refractivity contribution in [2.45, 2.75) is 64.5 Å². The SMILES string of the molecule is C[C@H](Cn1cnc2c(N)ncnc21)OCP(=O)(O)O.Cc1cc(C2CCCCC2)n(O)c(=O)c1. The largest absolute Gasteiger partial charge is 0.425 e. The molecule has 3 aromatic rings. The van der Waals surface area contributed by atoms with Gasteiger partial charge in [0.05, 0.1) is 24.7 Å². The van der Waals surface area contributed by atoms with Gasteiger partial charge in [0.25, 0.3) is 5.56 Å². The van der Waals surface area contributed by atoms with Crippen molar-refractivity contribution in [1.82, 2.24) is 24.2 Å². The smallest absolute Gasteiger partial charge is 0.350 e. The number of ether oxygens (including phenoxy) is 1. The van der Waals surface area contributed by atoms with Crippen molar-refractivity contribution in [1.29, 1.82) is 0 Å². The number of imidazole rings is 1. The van der Waals surface area contributed by atoms with E-state index in [-0.39, 0.29) is 11.4 Å². The average molecular weight is 494 g/mol. The van der Waals surface area contributed by atoms with Gasteiger partial charge in [-0.15, -0.1) is 0 Å². The first kappa shape index (κ1) is 25.8. The van der Waals surface area contributed by atoms with Crippen LogP contribution < -0.4 is 11.3 Å². The van der Waals surface area contributed by atoms with Crippen LogP contribution in [0, 0.1) is 6.92 Å². The van der Waals surface area contributed by atoms with Crippen LogP contribution in [0.15, 0.2) is 29.6 Å². The summed E-state index contributed by atoms with van der Waals surface area (Å²) >= 11 is 0. The third-order valence-electron chi connectivity index (χ3n) is 5.61. The molecule has 0 aliphatic heterocycles. The molecule has 1 aliphatic rings. The first-order valence-corrected chi connectivity index (χ1v) is 12.8. The van der Waals surface area contributed by atoms with Crippen molar-refractivity contribution in [3.63, 3.8) is 0 Å². The summed E-state index contributed by atoms with van der Waals surface area (Å²) in [6.07, 6.45) is 7.70. The molecule has 3 aromatic heterocycles. The number of hydrogen-bond donors (Lipinski definition) is 4. The summed E-state index contributed by atoms with van der Waals surface area (Å²) in [5, 5.41) is 9.68. The predicted octanol–water partition coefficient (Wildman–Crippen LogP) is 2.39. The van der Waals surface area contributed by atoms with E-state index in [2.05, 4.69) is 15.0 Å². The number of hydrogen-bond acceptors (Lipinski definition) is 8. The van der Waals surface area contributed by atoms with E-state index >= 15 is 0 Å². The highest BCUT2D eigenvalue weighted by Gasteiger charge is 2.19. The van der Waals surface area contributed by atoms with E-state index in [0.29, 0.717) is 23.6 Å². The van der Waals surface area contributed by atoms with Gasteiger partial charge in [-0.1, -0.05) is 19.3 Å². The van der Waals surface area contributed by atoms with Crippen LogP contribution in [0.25, 0.3) is 11.2 Å². The summed E-state index contributed by atoms with van der Waals surface area (Å²) in [6, 6.07) is 3.39. The second-order valence-electron chi connectivity index (χ2n) is 8.54. The van der Waals surface area contributed by atoms with E-state index in [1.165, 1.54) is 38.0 Å². The Morgan fingerprint density at radius 3 is 2.59 bits per heavy atom. The summed E-state index contributed by atoms with van der Waals surface area (Å²) in [5.74, 6) is 0.642. The molecule has 0 saturated heterocycles. The Kier molecular flexibility index (Phi) is 8.42. The number of anilines is 1. The van der Waals surface area contributed by atoms with Crippen molar-refractivity contribution >= 4 is 24.6 Å². The van der Waals surface area contributed by atoms with E-state index < -0.39 is 20.0 Å². The lowest BCUT2D eigenvalue weighted by atomic mass is 9.86. The fraction of sp³-hybridized carbons (Fsp3) is 0.524. The number of nitrogens with two attached hydrogens (primary N) is 1. The van der Waals surface area contributed by atoms with Crippen LogP contribution in [0.1, 0.15) is 56.2 Å². The summed E-state index contributed by atoms with van der Waals surface area (Å²) in [4.78, 5) is 40.9. The fourth-order valence-electron chi connectivity index (χ4n) is 3.99. The highest BCUT2D eigenvalue weighted by atomic mass is 31.2. The summed E-state index contributed by atoms with van der Waals surface area (Å²) in [7, 11) is -4.16. The Morgan fingerprint density at radius 1 is 1.21 bits per heavy atom. The highest BCUT2D eigenvalue weighted by Crippen LogP contribution is 2.34. The van der Waals surface area contributed by atoms with Crippen LogP contribution in [0.5, 0.6) is 0 Å². The summed E-state index contributed by atoms with van der Waals surface area (Å²) in [6.45, 7) is 3.95. The fourth-order valence-corrected chi connectivity index (χ4v) is 4.44. The van der Waals surface area contributed by atoms with Crippen LogP contribution in [0.4, 0.5) is 5.82 Å².